The van der Waals surface area contributed by atoms with Crippen LogP contribution in [0.1, 0.15) is 25.7 Å². The highest BCUT2D eigenvalue weighted by Crippen LogP contribution is 2.32. The van der Waals surface area contributed by atoms with E-state index in [-0.39, 0.29) is 11.3 Å². The minimum atomic E-state index is -0.398. The van der Waals surface area contributed by atoms with E-state index < -0.39 is 4.92 Å². The zero-order valence-corrected chi connectivity index (χ0v) is 12.7. The van der Waals surface area contributed by atoms with Gasteiger partial charge in [-0.1, -0.05) is 12.8 Å². The Hall–Kier alpha value is -3.06. The van der Waals surface area contributed by atoms with Crippen LogP contribution in [0.3, 0.4) is 0 Å². The molecule has 1 aliphatic heterocycles. The number of benzene rings is 1. The van der Waals surface area contributed by atoms with E-state index in [0.29, 0.717) is 11.4 Å². The Labute approximate surface area is 134 Å². The third kappa shape index (κ3) is 4.21. The van der Waals surface area contributed by atoms with Crippen LogP contribution in [0.2, 0.25) is 0 Å². The van der Waals surface area contributed by atoms with E-state index >= 15 is 0 Å². The van der Waals surface area contributed by atoms with Crippen LogP contribution in [0.15, 0.2) is 30.0 Å². The van der Waals surface area contributed by atoms with E-state index in [9.17, 15) is 10.1 Å². The Bertz CT molecular complexity index is 675. The lowest BCUT2D eigenvalue weighted by Crippen LogP contribution is -2.24. The highest BCUT2D eigenvalue weighted by Gasteiger charge is 2.20. The van der Waals surface area contributed by atoms with E-state index in [2.05, 4.69) is 10.2 Å². The summed E-state index contributed by atoms with van der Waals surface area (Å²) in [7, 11) is 0. The number of hydrogen-bond donors (Lipinski definition) is 1. The van der Waals surface area contributed by atoms with E-state index in [0.717, 1.165) is 38.8 Å². The Morgan fingerprint density at radius 1 is 1.22 bits per heavy atom. The van der Waals surface area contributed by atoms with Crippen LogP contribution in [0.4, 0.5) is 17.1 Å². The Morgan fingerprint density at radius 2 is 1.87 bits per heavy atom. The molecule has 0 aliphatic carbocycles. The summed E-state index contributed by atoms with van der Waals surface area (Å²) in [6.45, 7) is 1.64. The van der Waals surface area contributed by atoms with Gasteiger partial charge in [-0.2, -0.15) is 10.5 Å². The minimum absolute atomic E-state index is 0.0285. The standard InChI is InChI=1S/C16H17N5O2/c17-10-13(11-18)12-19-14-5-6-15(16(9-14)21(22)23)20-7-3-1-2-4-8-20/h5-6,9,12,19H,1-4,7-8H2. The van der Waals surface area contributed by atoms with Gasteiger partial charge in [-0.05, 0) is 25.0 Å². The molecular weight excluding hydrogens is 294 g/mol. The molecule has 1 N–H and O–H groups in total. The van der Waals surface area contributed by atoms with Crippen LogP contribution < -0.4 is 10.2 Å². The monoisotopic (exact) mass is 311 g/mol. The van der Waals surface area contributed by atoms with E-state index in [1.54, 1.807) is 24.3 Å². The van der Waals surface area contributed by atoms with Crippen molar-refractivity contribution in [1.29, 1.82) is 10.5 Å². The normalized spacial score (nSPS) is 14.1. The van der Waals surface area contributed by atoms with Crippen molar-refractivity contribution in [3.63, 3.8) is 0 Å². The fraction of sp³-hybridized carbons (Fsp3) is 0.375. The molecule has 0 radical (unpaired) electrons. The first-order valence-electron chi connectivity index (χ1n) is 7.46. The van der Waals surface area contributed by atoms with Crippen molar-refractivity contribution in [2.45, 2.75) is 25.7 Å². The Morgan fingerprint density at radius 3 is 2.43 bits per heavy atom. The number of nitriles is 2. The molecule has 1 aromatic carbocycles. The number of nitro benzene ring substituents is 1. The molecule has 118 valence electrons. The van der Waals surface area contributed by atoms with Gasteiger partial charge in [0.15, 0.2) is 0 Å². The predicted molar refractivity (Wildman–Crippen MR) is 86.7 cm³/mol. The molecule has 1 aromatic rings. The lowest BCUT2D eigenvalue weighted by molar-refractivity contribution is -0.384. The summed E-state index contributed by atoms with van der Waals surface area (Å²) in [6, 6.07) is 8.32. The summed E-state index contributed by atoms with van der Waals surface area (Å²) >= 11 is 0. The molecule has 7 heteroatoms. The molecule has 0 atom stereocenters. The molecule has 0 aromatic heterocycles. The molecule has 2 rings (SSSR count). The largest absolute Gasteiger partial charge is 0.366 e. The van der Waals surface area contributed by atoms with Crippen LogP contribution in [0.5, 0.6) is 0 Å². The fourth-order valence-electron chi connectivity index (χ4n) is 2.58. The molecule has 0 bridgehead atoms. The number of rotatable bonds is 4. The van der Waals surface area contributed by atoms with Crippen LogP contribution in [0, 0.1) is 32.8 Å². The first-order valence-corrected chi connectivity index (χ1v) is 7.46. The first kappa shape index (κ1) is 16.3. The summed E-state index contributed by atoms with van der Waals surface area (Å²) in [5, 5.41) is 31.5. The predicted octanol–water partition coefficient (Wildman–Crippen LogP) is 3.32. The number of nitrogens with zero attached hydrogens (tertiary/aromatic N) is 4. The maximum Gasteiger partial charge on any atom is 0.294 e. The van der Waals surface area contributed by atoms with Crippen molar-refractivity contribution in [2.24, 2.45) is 0 Å². The van der Waals surface area contributed by atoms with Crippen LogP contribution >= 0.6 is 0 Å². The molecule has 23 heavy (non-hydrogen) atoms. The molecule has 0 saturated carbocycles. The van der Waals surface area contributed by atoms with Gasteiger partial charge < -0.3 is 10.2 Å². The van der Waals surface area contributed by atoms with Crippen molar-refractivity contribution < 1.29 is 4.92 Å². The lowest BCUT2D eigenvalue weighted by atomic mass is 10.2. The maximum atomic E-state index is 11.4. The van der Waals surface area contributed by atoms with E-state index in [1.165, 1.54) is 12.3 Å². The summed E-state index contributed by atoms with van der Waals surface area (Å²) < 4.78 is 0. The van der Waals surface area contributed by atoms with E-state index in [4.69, 9.17) is 10.5 Å². The highest BCUT2D eigenvalue weighted by atomic mass is 16.6. The van der Waals surface area contributed by atoms with Gasteiger partial charge in [-0.15, -0.1) is 0 Å². The Balaban J connectivity index is 2.28. The smallest absolute Gasteiger partial charge is 0.294 e. The zero-order valence-electron chi connectivity index (χ0n) is 12.7. The molecule has 1 heterocycles. The number of nitrogens with one attached hydrogen (secondary N) is 1. The van der Waals surface area contributed by atoms with Gasteiger partial charge in [-0.3, -0.25) is 10.1 Å². The molecular formula is C16H17N5O2. The lowest BCUT2D eigenvalue weighted by Gasteiger charge is -2.22. The molecule has 0 spiro atoms. The topological polar surface area (TPSA) is 106 Å². The molecule has 1 saturated heterocycles. The van der Waals surface area contributed by atoms with Crippen LogP contribution in [-0.4, -0.2) is 18.0 Å². The fourth-order valence-corrected chi connectivity index (χ4v) is 2.58. The van der Waals surface area contributed by atoms with Crippen molar-refractivity contribution in [3.8, 4) is 12.1 Å². The van der Waals surface area contributed by atoms with Crippen molar-refractivity contribution in [2.75, 3.05) is 23.3 Å². The first-order chi connectivity index (χ1) is 11.2. The number of hydrogen-bond acceptors (Lipinski definition) is 6. The van der Waals surface area contributed by atoms with Crippen molar-refractivity contribution in [3.05, 3.63) is 40.1 Å². The second-order valence-electron chi connectivity index (χ2n) is 5.29. The van der Waals surface area contributed by atoms with Crippen LogP contribution in [0.25, 0.3) is 0 Å². The van der Waals surface area contributed by atoms with Gasteiger partial charge in [0.25, 0.3) is 5.69 Å². The van der Waals surface area contributed by atoms with Gasteiger partial charge in [0.1, 0.15) is 23.4 Å². The van der Waals surface area contributed by atoms with Gasteiger partial charge in [0, 0.05) is 31.0 Å². The summed E-state index contributed by atoms with van der Waals surface area (Å²) in [5.41, 5.74) is 1.02. The summed E-state index contributed by atoms with van der Waals surface area (Å²) in [6.07, 6.45) is 5.62. The quantitative estimate of drug-likeness (QED) is 0.519. The SMILES string of the molecule is N#CC(C#N)=CNc1ccc(N2CCCCCC2)c([N+](=O)[O-])c1. The van der Waals surface area contributed by atoms with Gasteiger partial charge >= 0.3 is 0 Å². The molecule has 0 amide bonds. The maximum absolute atomic E-state index is 11.4. The molecule has 0 unspecified atom stereocenters. The highest BCUT2D eigenvalue weighted by molar-refractivity contribution is 5.69. The van der Waals surface area contributed by atoms with E-state index in [1.807, 2.05) is 0 Å². The van der Waals surface area contributed by atoms with Gasteiger partial charge in [-0.25, -0.2) is 0 Å². The van der Waals surface area contributed by atoms with Crippen molar-refractivity contribution in [1.82, 2.24) is 0 Å². The third-order valence-electron chi connectivity index (χ3n) is 3.74. The minimum Gasteiger partial charge on any atom is -0.366 e. The average Bonchev–Trinajstić information content (AvgIpc) is 2.84. The van der Waals surface area contributed by atoms with Gasteiger partial charge in [0.2, 0.25) is 0 Å². The Kier molecular flexibility index (Phi) is 5.54. The summed E-state index contributed by atoms with van der Waals surface area (Å²) in [4.78, 5) is 13.0. The average molecular weight is 311 g/mol. The molecule has 1 aliphatic rings. The van der Waals surface area contributed by atoms with Crippen molar-refractivity contribution >= 4 is 17.1 Å². The third-order valence-corrected chi connectivity index (χ3v) is 3.74. The second kappa shape index (κ2) is 7.81. The zero-order chi connectivity index (χ0) is 16.7. The molecule has 7 nitrogen and oxygen atoms in total. The number of nitro groups is 1. The molecule has 1 fully saturated rings. The summed E-state index contributed by atoms with van der Waals surface area (Å²) in [5.74, 6) is 0. The second-order valence-corrected chi connectivity index (χ2v) is 5.29. The number of allylic oxidation sites excluding steroid dienone is 1. The van der Waals surface area contributed by atoms with Crippen LogP contribution in [-0.2, 0) is 0 Å². The number of anilines is 2. The van der Waals surface area contributed by atoms with Gasteiger partial charge in [0.05, 0.1) is 4.92 Å².